The summed E-state index contributed by atoms with van der Waals surface area (Å²) in [5.41, 5.74) is 0.200. The van der Waals surface area contributed by atoms with Crippen LogP contribution >= 0.6 is 0 Å². The number of imidazole rings is 1. The number of aromatic nitrogens is 2. The molecule has 1 atom stereocenters. The molecule has 1 aromatic heterocycles. The summed E-state index contributed by atoms with van der Waals surface area (Å²) in [6.07, 6.45) is 5.15. The number of nitrogens with zero attached hydrogens (tertiary/aromatic N) is 2. The Morgan fingerprint density at radius 1 is 1.15 bits per heavy atom. The number of benzene rings is 1. The number of carbonyl (C=O) groups is 2. The Bertz CT molecular complexity index is 870. The van der Waals surface area contributed by atoms with Gasteiger partial charge in [0.1, 0.15) is 17.7 Å². The predicted molar refractivity (Wildman–Crippen MR) is 122 cm³/mol. The molecule has 0 unspecified atom stereocenters. The molecule has 0 fully saturated rings. The second-order valence-electron chi connectivity index (χ2n) is 7.65. The molecule has 1 heterocycles. The third-order valence-corrected chi connectivity index (χ3v) is 4.79. The number of carbonyl (C=O) groups excluding carboxylic acids is 2. The van der Waals surface area contributed by atoms with E-state index in [1.165, 1.54) is 0 Å². The van der Waals surface area contributed by atoms with E-state index in [2.05, 4.69) is 20.9 Å². The van der Waals surface area contributed by atoms with Crippen LogP contribution in [-0.2, 0) is 27.3 Å². The van der Waals surface area contributed by atoms with Crippen molar-refractivity contribution in [1.29, 1.82) is 0 Å². The van der Waals surface area contributed by atoms with Crippen molar-refractivity contribution < 1.29 is 23.1 Å². The maximum absolute atomic E-state index is 13.3. The molecule has 0 saturated heterocycles. The second kappa shape index (κ2) is 14.3. The SMILES string of the molecule is CCC[C@H](NC(=O)Cc1cc(F)cc(F)c1)C(=O)Nc1cn(CCNCCCOCC)cn1. The number of ether oxygens (including phenoxy) is 1. The van der Waals surface area contributed by atoms with Gasteiger partial charge in [0.25, 0.3) is 0 Å². The quantitative estimate of drug-likeness (QED) is 0.352. The Morgan fingerprint density at radius 2 is 1.91 bits per heavy atom. The van der Waals surface area contributed by atoms with Crippen molar-refractivity contribution >= 4 is 17.6 Å². The molecule has 0 aliphatic carbocycles. The average Bonchev–Trinajstić information content (AvgIpc) is 3.19. The first-order valence-corrected chi connectivity index (χ1v) is 11.3. The fourth-order valence-corrected chi connectivity index (χ4v) is 3.24. The van der Waals surface area contributed by atoms with Crippen LogP contribution in [0.1, 0.15) is 38.7 Å². The van der Waals surface area contributed by atoms with E-state index < -0.39 is 29.5 Å². The topological polar surface area (TPSA) is 97.3 Å². The molecule has 2 aromatic rings. The van der Waals surface area contributed by atoms with Crippen molar-refractivity contribution in [3.8, 4) is 0 Å². The number of anilines is 1. The zero-order valence-corrected chi connectivity index (χ0v) is 19.2. The molecule has 8 nitrogen and oxygen atoms in total. The third-order valence-electron chi connectivity index (χ3n) is 4.79. The molecule has 33 heavy (non-hydrogen) atoms. The van der Waals surface area contributed by atoms with Gasteiger partial charge in [0.05, 0.1) is 12.7 Å². The number of rotatable bonds is 15. The van der Waals surface area contributed by atoms with Gasteiger partial charge in [-0.05, 0) is 44.0 Å². The lowest BCUT2D eigenvalue weighted by Crippen LogP contribution is -2.44. The van der Waals surface area contributed by atoms with E-state index in [1.54, 1.807) is 12.5 Å². The first-order valence-electron chi connectivity index (χ1n) is 11.3. The summed E-state index contributed by atoms with van der Waals surface area (Å²) >= 11 is 0. The molecule has 2 rings (SSSR count). The molecule has 2 amide bonds. The maximum atomic E-state index is 13.3. The predicted octanol–water partition coefficient (Wildman–Crippen LogP) is 2.64. The molecule has 182 valence electrons. The summed E-state index contributed by atoms with van der Waals surface area (Å²) < 4.78 is 33.8. The summed E-state index contributed by atoms with van der Waals surface area (Å²) in [6, 6.07) is 2.15. The van der Waals surface area contributed by atoms with Gasteiger partial charge in [-0.3, -0.25) is 9.59 Å². The number of hydrogen-bond donors (Lipinski definition) is 3. The molecule has 1 aromatic carbocycles. The number of hydrogen-bond acceptors (Lipinski definition) is 5. The Balaban J connectivity index is 1.81. The zero-order chi connectivity index (χ0) is 24.1. The van der Waals surface area contributed by atoms with E-state index in [4.69, 9.17) is 4.74 Å². The standard InChI is InChI=1S/C23H33F2N5O3/c1-3-6-20(28-22(31)13-17-11-18(24)14-19(25)12-17)23(32)29-21-15-30(16-27-21)9-8-26-7-5-10-33-4-2/h11-12,14-16,20,26H,3-10,13H2,1-2H3,(H,28,31)(H,29,32)/t20-/m0/s1. The lowest BCUT2D eigenvalue weighted by molar-refractivity contribution is -0.126. The molecule has 0 aliphatic rings. The highest BCUT2D eigenvalue weighted by atomic mass is 19.1. The highest BCUT2D eigenvalue weighted by molar-refractivity contribution is 5.96. The van der Waals surface area contributed by atoms with E-state index >= 15 is 0 Å². The molecule has 10 heteroatoms. The highest BCUT2D eigenvalue weighted by Gasteiger charge is 2.21. The van der Waals surface area contributed by atoms with E-state index in [9.17, 15) is 18.4 Å². The fraction of sp³-hybridized carbons (Fsp3) is 0.522. The summed E-state index contributed by atoms with van der Waals surface area (Å²) in [4.78, 5) is 29.2. The van der Waals surface area contributed by atoms with Gasteiger partial charge in [-0.15, -0.1) is 0 Å². The van der Waals surface area contributed by atoms with Gasteiger partial charge in [-0.25, -0.2) is 13.8 Å². The van der Waals surface area contributed by atoms with Gasteiger partial charge in [0.2, 0.25) is 11.8 Å². The maximum Gasteiger partial charge on any atom is 0.248 e. The Morgan fingerprint density at radius 3 is 2.61 bits per heavy atom. The summed E-state index contributed by atoms with van der Waals surface area (Å²) in [6.45, 7) is 7.63. The van der Waals surface area contributed by atoms with Gasteiger partial charge in [-0.1, -0.05) is 13.3 Å². The summed E-state index contributed by atoms with van der Waals surface area (Å²) in [5.74, 6) is -2.00. The third kappa shape index (κ3) is 10.1. The first-order chi connectivity index (χ1) is 15.9. The molecular formula is C23H33F2N5O3. The van der Waals surface area contributed by atoms with Gasteiger partial charge >= 0.3 is 0 Å². The number of halogens is 2. The molecule has 0 spiro atoms. The monoisotopic (exact) mass is 465 g/mol. The summed E-state index contributed by atoms with van der Waals surface area (Å²) in [5, 5.41) is 8.68. The van der Waals surface area contributed by atoms with Gasteiger partial charge in [0.15, 0.2) is 5.82 Å². The van der Waals surface area contributed by atoms with Crippen molar-refractivity contribution in [2.45, 2.75) is 52.1 Å². The normalized spacial score (nSPS) is 11.9. The van der Waals surface area contributed by atoms with Crippen molar-refractivity contribution in [2.24, 2.45) is 0 Å². The van der Waals surface area contributed by atoms with E-state index in [-0.39, 0.29) is 12.0 Å². The molecule has 0 radical (unpaired) electrons. The Hall–Kier alpha value is -2.85. The number of amides is 2. The van der Waals surface area contributed by atoms with Crippen LogP contribution in [-0.4, -0.2) is 53.7 Å². The van der Waals surface area contributed by atoms with Crippen LogP contribution in [0.5, 0.6) is 0 Å². The molecular weight excluding hydrogens is 432 g/mol. The van der Waals surface area contributed by atoms with Crippen molar-refractivity contribution in [2.75, 3.05) is 31.6 Å². The van der Waals surface area contributed by atoms with Crippen molar-refractivity contribution in [1.82, 2.24) is 20.2 Å². The highest BCUT2D eigenvalue weighted by Crippen LogP contribution is 2.10. The van der Waals surface area contributed by atoms with Crippen LogP contribution in [0.15, 0.2) is 30.7 Å². The minimum atomic E-state index is -0.780. The lowest BCUT2D eigenvalue weighted by Gasteiger charge is -2.17. The first kappa shape index (κ1) is 26.4. The van der Waals surface area contributed by atoms with Crippen molar-refractivity contribution in [3.05, 3.63) is 47.9 Å². The smallest absolute Gasteiger partial charge is 0.248 e. The molecule has 0 aliphatic heterocycles. The van der Waals surface area contributed by atoms with Gasteiger partial charge in [-0.2, -0.15) is 0 Å². The van der Waals surface area contributed by atoms with Crippen LogP contribution < -0.4 is 16.0 Å². The zero-order valence-electron chi connectivity index (χ0n) is 19.2. The molecule has 0 bridgehead atoms. The fourth-order valence-electron chi connectivity index (χ4n) is 3.24. The molecule has 3 N–H and O–H groups in total. The van der Waals surface area contributed by atoms with Crippen LogP contribution in [0.3, 0.4) is 0 Å². The van der Waals surface area contributed by atoms with Crippen LogP contribution in [0.2, 0.25) is 0 Å². The van der Waals surface area contributed by atoms with E-state index in [0.717, 1.165) is 50.9 Å². The van der Waals surface area contributed by atoms with E-state index in [1.807, 2.05) is 18.4 Å². The Labute approximate surface area is 193 Å². The summed E-state index contributed by atoms with van der Waals surface area (Å²) in [7, 11) is 0. The van der Waals surface area contributed by atoms with E-state index in [0.29, 0.717) is 25.2 Å². The van der Waals surface area contributed by atoms with Gasteiger partial charge < -0.3 is 25.3 Å². The van der Waals surface area contributed by atoms with Crippen molar-refractivity contribution in [3.63, 3.8) is 0 Å². The van der Waals surface area contributed by atoms with Gasteiger partial charge in [0, 0.05) is 38.6 Å². The average molecular weight is 466 g/mol. The minimum Gasteiger partial charge on any atom is -0.382 e. The van der Waals surface area contributed by atoms with Crippen LogP contribution in [0, 0.1) is 11.6 Å². The number of nitrogens with one attached hydrogen (secondary N) is 3. The Kier molecular flexibility index (Phi) is 11.5. The van der Waals surface area contributed by atoms with Crippen LogP contribution in [0.25, 0.3) is 0 Å². The van der Waals surface area contributed by atoms with Crippen LogP contribution in [0.4, 0.5) is 14.6 Å². The lowest BCUT2D eigenvalue weighted by atomic mass is 10.1. The second-order valence-corrected chi connectivity index (χ2v) is 7.65. The molecule has 0 saturated carbocycles. The largest absolute Gasteiger partial charge is 0.382 e. The minimum absolute atomic E-state index is 0.200.